The molecule has 2 bridgehead atoms. The fourth-order valence-electron chi connectivity index (χ4n) is 3.46. The van der Waals surface area contributed by atoms with Crippen LogP contribution in [0.15, 0.2) is 0 Å². The second-order valence-corrected chi connectivity index (χ2v) is 6.94. The second-order valence-electron chi connectivity index (χ2n) is 6.94. The molecule has 2 fully saturated rings. The maximum Gasteiger partial charge on any atom is 0.223 e. The minimum absolute atomic E-state index is 0.332. The van der Waals surface area contributed by atoms with Crippen LogP contribution in [0.2, 0.25) is 0 Å². The van der Waals surface area contributed by atoms with Gasteiger partial charge in [-0.25, -0.2) is 0 Å². The van der Waals surface area contributed by atoms with E-state index in [-0.39, 0.29) is 0 Å². The molecule has 1 amide bonds. The lowest BCUT2D eigenvalue weighted by Gasteiger charge is -2.24. The molecular weight excluding hydrogens is 212 g/mol. The summed E-state index contributed by atoms with van der Waals surface area (Å²) in [6.07, 6.45) is 6.22. The van der Waals surface area contributed by atoms with Crippen molar-refractivity contribution in [1.82, 2.24) is 5.32 Å². The highest BCUT2D eigenvalue weighted by Gasteiger charge is 2.42. The average molecular weight is 239 g/mol. The van der Waals surface area contributed by atoms with Crippen LogP contribution in [-0.4, -0.2) is 44.6 Å². The Morgan fingerprint density at radius 1 is 1.24 bits per heavy atom. The van der Waals surface area contributed by atoms with E-state index >= 15 is 0 Å². The Hall–Kier alpha value is -0.570. The number of nitrogens with zero attached hydrogens (tertiary/aromatic N) is 1. The number of quaternary nitrogens is 1. The summed E-state index contributed by atoms with van der Waals surface area (Å²) in [5, 5.41) is 3.13. The molecule has 0 spiro atoms. The summed E-state index contributed by atoms with van der Waals surface area (Å²) >= 11 is 0. The number of amides is 1. The molecule has 0 aromatic carbocycles. The Bertz CT molecular complexity index is 282. The molecule has 2 aliphatic rings. The van der Waals surface area contributed by atoms with Crippen LogP contribution in [0.3, 0.4) is 0 Å². The van der Waals surface area contributed by atoms with Crippen LogP contribution < -0.4 is 5.32 Å². The van der Waals surface area contributed by atoms with Crippen LogP contribution in [0.4, 0.5) is 0 Å². The van der Waals surface area contributed by atoms with Crippen LogP contribution in [0.25, 0.3) is 0 Å². The molecule has 1 N–H and O–H groups in total. The highest BCUT2D eigenvalue weighted by atomic mass is 16.1. The van der Waals surface area contributed by atoms with Crippen molar-refractivity contribution in [3.63, 3.8) is 0 Å². The summed E-state index contributed by atoms with van der Waals surface area (Å²) in [5.74, 6) is 2.25. The van der Waals surface area contributed by atoms with Gasteiger partial charge in [-0.1, -0.05) is 6.42 Å². The summed E-state index contributed by atoms with van der Waals surface area (Å²) < 4.78 is 0.976. The van der Waals surface area contributed by atoms with Gasteiger partial charge in [-0.15, -0.1) is 0 Å². The summed E-state index contributed by atoms with van der Waals surface area (Å²) in [6, 6.07) is 0. The van der Waals surface area contributed by atoms with E-state index in [0.29, 0.717) is 17.7 Å². The van der Waals surface area contributed by atoms with Gasteiger partial charge in [0.15, 0.2) is 0 Å². The predicted molar refractivity (Wildman–Crippen MR) is 69.5 cm³/mol. The highest BCUT2D eigenvalue weighted by Crippen LogP contribution is 2.48. The molecule has 0 radical (unpaired) electrons. The smallest absolute Gasteiger partial charge is 0.223 e. The van der Waals surface area contributed by atoms with Gasteiger partial charge in [0.25, 0.3) is 0 Å². The van der Waals surface area contributed by atoms with Crippen molar-refractivity contribution in [2.45, 2.75) is 32.1 Å². The first-order valence-electron chi connectivity index (χ1n) is 7.04. The Morgan fingerprint density at radius 2 is 2.00 bits per heavy atom. The van der Waals surface area contributed by atoms with Gasteiger partial charge in [-0.3, -0.25) is 4.79 Å². The number of nitrogens with one attached hydrogen (secondary N) is 1. The van der Waals surface area contributed by atoms with E-state index < -0.39 is 0 Å². The van der Waals surface area contributed by atoms with Crippen molar-refractivity contribution >= 4 is 5.91 Å². The highest BCUT2D eigenvalue weighted by molar-refractivity contribution is 5.79. The summed E-state index contributed by atoms with van der Waals surface area (Å²) in [7, 11) is 6.58. The fraction of sp³-hybridized carbons (Fsp3) is 0.929. The number of hydrogen-bond acceptors (Lipinski definition) is 1. The largest absolute Gasteiger partial charge is 0.356 e. The molecule has 17 heavy (non-hydrogen) atoms. The van der Waals surface area contributed by atoms with Crippen molar-refractivity contribution in [2.75, 3.05) is 34.2 Å². The van der Waals surface area contributed by atoms with Crippen LogP contribution in [0, 0.1) is 17.8 Å². The molecule has 2 aliphatic carbocycles. The van der Waals surface area contributed by atoms with Crippen LogP contribution >= 0.6 is 0 Å². The van der Waals surface area contributed by atoms with Crippen LogP contribution in [0.5, 0.6) is 0 Å². The van der Waals surface area contributed by atoms with Gasteiger partial charge in [0, 0.05) is 18.9 Å². The van der Waals surface area contributed by atoms with Gasteiger partial charge < -0.3 is 9.80 Å². The Morgan fingerprint density at radius 3 is 2.53 bits per heavy atom. The van der Waals surface area contributed by atoms with E-state index in [9.17, 15) is 4.79 Å². The third kappa shape index (κ3) is 3.44. The molecule has 0 aromatic rings. The maximum atomic E-state index is 12.0. The molecule has 98 valence electrons. The first-order valence-corrected chi connectivity index (χ1v) is 7.04. The van der Waals surface area contributed by atoms with Gasteiger partial charge in [0.1, 0.15) is 0 Å². The molecular formula is C14H27N2O+. The molecule has 3 heteroatoms. The zero-order valence-corrected chi connectivity index (χ0v) is 11.5. The van der Waals surface area contributed by atoms with Gasteiger partial charge in [0.05, 0.1) is 27.7 Å². The van der Waals surface area contributed by atoms with E-state index in [0.717, 1.165) is 36.3 Å². The molecule has 0 saturated heterocycles. The third-order valence-electron chi connectivity index (χ3n) is 4.38. The van der Waals surface area contributed by atoms with Crippen molar-refractivity contribution < 1.29 is 9.28 Å². The second kappa shape index (κ2) is 4.97. The third-order valence-corrected chi connectivity index (χ3v) is 4.38. The number of hydrogen-bond donors (Lipinski definition) is 1. The van der Waals surface area contributed by atoms with E-state index in [4.69, 9.17) is 0 Å². The van der Waals surface area contributed by atoms with Crippen molar-refractivity contribution in [3.05, 3.63) is 0 Å². The van der Waals surface area contributed by atoms with E-state index in [1.54, 1.807) is 0 Å². The van der Waals surface area contributed by atoms with E-state index in [1.807, 2.05) is 0 Å². The Balaban J connectivity index is 1.65. The SMILES string of the molecule is C[N+](C)(C)CCCNC(=O)[C@H]1C[C@@H]2CC[C@@H]1C2. The van der Waals surface area contributed by atoms with E-state index in [2.05, 4.69) is 26.5 Å². The Labute approximate surface area is 105 Å². The summed E-state index contributed by atoms with van der Waals surface area (Å²) in [4.78, 5) is 12.0. The minimum Gasteiger partial charge on any atom is -0.356 e. The Kier molecular flexibility index (Phi) is 3.76. The number of fused-ring (bicyclic) bond motifs is 2. The standard InChI is InChI=1S/C14H26N2O/c1-16(2,3)8-4-7-15-14(17)13-10-11-5-6-12(13)9-11/h11-13H,4-10H2,1-3H3/p+1/t11-,12-,13+/m1/s1. The zero-order valence-electron chi connectivity index (χ0n) is 11.5. The minimum atomic E-state index is 0.332. The normalized spacial score (nSPS) is 31.8. The molecule has 3 nitrogen and oxygen atoms in total. The number of carbonyl (C=O) groups is 1. The van der Waals surface area contributed by atoms with Crippen molar-refractivity contribution in [2.24, 2.45) is 17.8 Å². The van der Waals surface area contributed by atoms with E-state index in [1.165, 1.54) is 19.3 Å². The number of carbonyl (C=O) groups excluding carboxylic acids is 1. The summed E-state index contributed by atoms with van der Waals surface area (Å²) in [6.45, 7) is 1.97. The van der Waals surface area contributed by atoms with Gasteiger partial charge in [-0.2, -0.15) is 0 Å². The lowest BCUT2D eigenvalue weighted by atomic mass is 9.88. The topological polar surface area (TPSA) is 29.1 Å². The first-order chi connectivity index (χ1) is 7.96. The van der Waals surface area contributed by atoms with Crippen molar-refractivity contribution in [3.8, 4) is 0 Å². The van der Waals surface area contributed by atoms with Gasteiger partial charge >= 0.3 is 0 Å². The first kappa shape index (κ1) is 12.9. The summed E-state index contributed by atoms with van der Waals surface area (Å²) in [5.41, 5.74) is 0. The average Bonchev–Trinajstić information content (AvgIpc) is 2.84. The lowest BCUT2D eigenvalue weighted by molar-refractivity contribution is -0.870. The molecule has 2 rings (SSSR count). The monoisotopic (exact) mass is 239 g/mol. The van der Waals surface area contributed by atoms with Gasteiger partial charge in [0.2, 0.25) is 5.91 Å². The lowest BCUT2D eigenvalue weighted by Crippen LogP contribution is -2.39. The molecule has 0 aromatic heterocycles. The molecule has 2 saturated carbocycles. The molecule has 0 unspecified atom stereocenters. The molecule has 0 aliphatic heterocycles. The predicted octanol–water partition coefficient (Wildman–Crippen LogP) is 1.64. The zero-order chi connectivity index (χ0) is 12.5. The number of rotatable bonds is 5. The van der Waals surface area contributed by atoms with Gasteiger partial charge in [-0.05, 0) is 31.1 Å². The van der Waals surface area contributed by atoms with Crippen LogP contribution in [0.1, 0.15) is 32.1 Å². The fourth-order valence-corrected chi connectivity index (χ4v) is 3.46. The maximum absolute atomic E-state index is 12.0. The van der Waals surface area contributed by atoms with Crippen molar-refractivity contribution in [1.29, 1.82) is 0 Å². The molecule has 3 atom stereocenters. The van der Waals surface area contributed by atoms with Crippen LogP contribution in [-0.2, 0) is 4.79 Å². The quantitative estimate of drug-likeness (QED) is 0.573. The molecule has 0 heterocycles.